The minimum atomic E-state index is -1.29. The van der Waals surface area contributed by atoms with E-state index >= 15 is 0 Å². The van der Waals surface area contributed by atoms with Crippen LogP contribution in [0.5, 0.6) is 11.5 Å². The van der Waals surface area contributed by atoms with Crippen molar-refractivity contribution in [1.29, 1.82) is 0 Å². The molecule has 1 unspecified atom stereocenters. The van der Waals surface area contributed by atoms with Crippen molar-refractivity contribution in [2.24, 2.45) is 0 Å². The van der Waals surface area contributed by atoms with Crippen LogP contribution in [-0.2, 0) is 5.54 Å². The first-order valence-corrected chi connectivity index (χ1v) is 8.15. The van der Waals surface area contributed by atoms with Gasteiger partial charge < -0.3 is 19.9 Å². The van der Waals surface area contributed by atoms with Gasteiger partial charge in [0.1, 0.15) is 24.8 Å². The number of hydrogen-bond acceptors (Lipinski definition) is 4. The molecule has 1 heterocycles. The summed E-state index contributed by atoms with van der Waals surface area (Å²) < 4.78 is 38.6. The van der Waals surface area contributed by atoms with Crippen LogP contribution in [0.25, 0.3) is 0 Å². The fourth-order valence-electron chi connectivity index (χ4n) is 2.82. The molecular formula is C19H21F2NO3. The largest absolute Gasteiger partial charge is 0.486 e. The number of hydrogen-bond donors (Lipinski definition) is 2. The lowest BCUT2D eigenvalue weighted by atomic mass is 9.93. The summed E-state index contributed by atoms with van der Waals surface area (Å²) in [4.78, 5) is 0. The molecule has 0 bridgehead atoms. The number of aliphatic hydroxyl groups excluding tert-OH is 1. The summed E-state index contributed by atoms with van der Waals surface area (Å²) in [6.45, 7) is 4.86. The fourth-order valence-corrected chi connectivity index (χ4v) is 2.82. The molecule has 0 amide bonds. The normalized spacial score (nSPS) is 15.1. The number of rotatable bonds is 5. The van der Waals surface area contributed by atoms with Crippen molar-refractivity contribution >= 4 is 0 Å². The Hall–Kier alpha value is -2.18. The Morgan fingerprint density at radius 3 is 2.40 bits per heavy atom. The van der Waals surface area contributed by atoms with Crippen molar-refractivity contribution < 1.29 is 23.4 Å². The van der Waals surface area contributed by atoms with E-state index in [0.29, 0.717) is 24.7 Å². The highest BCUT2D eigenvalue weighted by Crippen LogP contribution is 2.34. The van der Waals surface area contributed by atoms with Gasteiger partial charge >= 0.3 is 0 Å². The van der Waals surface area contributed by atoms with Crippen LogP contribution >= 0.6 is 0 Å². The number of ether oxygens (including phenoxy) is 2. The van der Waals surface area contributed by atoms with Crippen molar-refractivity contribution in [2.45, 2.75) is 25.5 Å². The molecule has 1 aliphatic rings. The third-order valence-corrected chi connectivity index (χ3v) is 4.33. The highest BCUT2D eigenvalue weighted by Gasteiger charge is 2.25. The maximum absolute atomic E-state index is 13.8. The monoisotopic (exact) mass is 349 g/mol. The summed E-state index contributed by atoms with van der Waals surface area (Å²) in [5, 5.41) is 13.4. The molecule has 0 saturated heterocycles. The van der Waals surface area contributed by atoms with Gasteiger partial charge in [-0.3, -0.25) is 0 Å². The lowest BCUT2D eigenvalue weighted by Gasteiger charge is -2.30. The molecule has 1 aliphatic heterocycles. The average molecular weight is 349 g/mol. The molecule has 0 fully saturated rings. The van der Waals surface area contributed by atoms with Gasteiger partial charge in [-0.2, -0.15) is 0 Å². The zero-order valence-electron chi connectivity index (χ0n) is 14.2. The van der Waals surface area contributed by atoms with Crippen LogP contribution in [0.1, 0.15) is 31.1 Å². The van der Waals surface area contributed by atoms with Crippen LogP contribution in [0.4, 0.5) is 8.78 Å². The van der Waals surface area contributed by atoms with Crippen LogP contribution in [0.3, 0.4) is 0 Å². The highest BCUT2D eigenvalue weighted by molar-refractivity contribution is 5.45. The van der Waals surface area contributed by atoms with Crippen molar-refractivity contribution in [1.82, 2.24) is 5.32 Å². The van der Waals surface area contributed by atoms with Gasteiger partial charge in [-0.15, -0.1) is 0 Å². The van der Waals surface area contributed by atoms with Crippen molar-refractivity contribution in [3.63, 3.8) is 0 Å². The Labute approximate surface area is 145 Å². The smallest absolute Gasteiger partial charge is 0.161 e. The summed E-state index contributed by atoms with van der Waals surface area (Å²) in [5.74, 6) is -0.156. The molecule has 6 heteroatoms. The molecule has 0 aromatic heterocycles. The quantitative estimate of drug-likeness (QED) is 0.870. The predicted molar refractivity (Wildman–Crippen MR) is 89.8 cm³/mol. The Balaban J connectivity index is 1.73. The number of nitrogens with one attached hydrogen (secondary N) is 1. The Morgan fingerprint density at radius 2 is 1.72 bits per heavy atom. The van der Waals surface area contributed by atoms with Gasteiger partial charge in [-0.05, 0) is 43.7 Å². The molecule has 2 aromatic rings. The topological polar surface area (TPSA) is 50.7 Å². The number of fused-ring (bicyclic) bond motifs is 1. The van der Waals surface area contributed by atoms with Gasteiger partial charge in [0, 0.05) is 12.1 Å². The van der Waals surface area contributed by atoms with E-state index in [4.69, 9.17) is 9.47 Å². The summed E-state index contributed by atoms with van der Waals surface area (Å²) in [5.41, 5.74) is 0.0457. The molecule has 0 saturated carbocycles. The summed E-state index contributed by atoms with van der Waals surface area (Å²) in [6, 6.07) is 9.14. The Bertz CT molecular complexity index is 744. The molecule has 0 radical (unpaired) electrons. The molecule has 2 N–H and O–H groups in total. The van der Waals surface area contributed by atoms with E-state index in [-0.39, 0.29) is 12.1 Å². The first-order chi connectivity index (χ1) is 11.9. The second kappa shape index (κ2) is 6.98. The first-order valence-electron chi connectivity index (χ1n) is 8.15. The number of benzene rings is 2. The maximum Gasteiger partial charge on any atom is 0.161 e. The zero-order valence-corrected chi connectivity index (χ0v) is 14.2. The third kappa shape index (κ3) is 3.75. The van der Waals surface area contributed by atoms with E-state index in [1.807, 2.05) is 32.0 Å². The standard InChI is InChI=1S/C19H21F2NO3/c1-19(2,12-6-7-16-17(10-12)25-9-8-24-16)22-11-15(23)18-13(20)4-3-5-14(18)21/h3-7,10,15,22-23H,8-9,11H2,1-2H3. The number of aliphatic hydroxyl groups is 1. The molecule has 2 aromatic carbocycles. The zero-order chi connectivity index (χ0) is 18.0. The van der Waals surface area contributed by atoms with Crippen LogP contribution < -0.4 is 14.8 Å². The summed E-state index contributed by atoms with van der Waals surface area (Å²) >= 11 is 0. The van der Waals surface area contributed by atoms with Gasteiger partial charge in [-0.1, -0.05) is 12.1 Å². The molecule has 25 heavy (non-hydrogen) atoms. The van der Waals surface area contributed by atoms with Crippen LogP contribution in [0.15, 0.2) is 36.4 Å². The van der Waals surface area contributed by atoms with E-state index in [0.717, 1.165) is 17.7 Å². The first kappa shape index (κ1) is 17.6. The maximum atomic E-state index is 13.8. The molecule has 0 spiro atoms. The van der Waals surface area contributed by atoms with Gasteiger partial charge in [-0.25, -0.2) is 8.78 Å². The fraction of sp³-hybridized carbons (Fsp3) is 0.368. The average Bonchev–Trinajstić information content (AvgIpc) is 2.59. The van der Waals surface area contributed by atoms with E-state index < -0.39 is 23.3 Å². The predicted octanol–water partition coefficient (Wildman–Crippen LogP) is 3.29. The van der Waals surface area contributed by atoms with E-state index in [9.17, 15) is 13.9 Å². The Morgan fingerprint density at radius 1 is 1.08 bits per heavy atom. The van der Waals surface area contributed by atoms with Crippen molar-refractivity contribution in [2.75, 3.05) is 19.8 Å². The van der Waals surface area contributed by atoms with Gasteiger partial charge in [0.25, 0.3) is 0 Å². The van der Waals surface area contributed by atoms with Crippen molar-refractivity contribution in [3.05, 3.63) is 59.2 Å². The lowest BCUT2D eigenvalue weighted by Crippen LogP contribution is -2.39. The van der Waals surface area contributed by atoms with Crippen LogP contribution in [-0.4, -0.2) is 24.9 Å². The van der Waals surface area contributed by atoms with Crippen LogP contribution in [0.2, 0.25) is 0 Å². The Kier molecular flexibility index (Phi) is 4.92. The summed E-state index contributed by atoms with van der Waals surface area (Å²) in [7, 11) is 0. The molecule has 4 nitrogen and oxygen atoms in total. The lowest BCUT2D eigenvalue weighted by molar-refractivity contribution is 0.151. The van der Waals surface area contributed by atoms with Gasteiger partial charge in [0.2, 0.25) is 0 Å². The van der Waals surface area contributed by atoms with E-state index in [1.165, 1.54) is 6.07 Å². The van der Waals surface area contributed by atoms with E-state index in [2.05, 4.69) is 5.32 Å². The van der Waals surface area contributed by atoms with Gasteiger partial charge in [0.05, 0.1) is 11.7 Å². The summed E-state index contributed by atoms with van der Waals surface area (Å²) in [6.07, 6.45) is -1.29. The van der Waals surface area contributed by atoms with Crippen LogP contribution in [0, 0.1) is 11.6 Å². The minimum absolute atomic E-state index is 0.000699. The molecule has 3 rings (SSSR count). The molecule has 0 aliphatic carbocycles. The minimum Gasteiger partial charge on any atom is -0.486 e. The molecule has 134 valence electrons. The van der Waals surface area contributed by atoms with Gasteiger partial charge in [0.15, 0.2) is 11.5 Å². The molecular weight excluding hydrogens is 328 g/mol. The SMILES string of the molecule is CC(C)(NCC(O)c1c(F)cccc1F)c1ccc2c(c1)OCCO2. The number of halogens is 2. The van der Waals surface area contributed by atoms with Crippen molar-refractivity contribution in [3.8, 4) is 11.5 Å². The second-order valence-corrected chi connectivity index (χ2v) is 6.52. The third-order valence-electron chi connectivity index (χ3n) is 4.33. The molecule has 1 atom stereocenters. The van der Waals surface area contributed by atoms with E-state index in [1.54, 1.807) is 0 Å². The highest BCUT2D eigenvalue weighted by atomic mass is 19.1. The second-order valence-electron chi connectivity index (χ2n) is 6.52.